The van der Waals surface area contributed by atoms with E-state index < -0.39 is 17.8 Å². The SMILES string of the molecule is Cc1ccccc1CC(=O)NNC(=O)[C@@H](C)Oc1ccccc1F. The molecule has 126 valence electrons. The molecule has 0 aliphatic heterocycles. The molecule has 0 fully saturated rings. The number of halogens is 1. The summed E-state index contributed by atoms with van der Waals surface area (Å²) in [6, 6.07) is 13.3. The predicted molar refractivity (Wildman–Crippen MR) is 87.7 cm³/mol. The van der Waals surface area contributed by atoms with Gasteiger partial charge in [0.15, 0.2) is 17.7 Å². The van der Waals surface area contributed by atoms with E-state index in [1.54, 1.807) is 6.07 Å². The van der Waals surface area contributed by atoms with Crippen molar-refractivity contribution in [1.82, 2.24) is 10.9 Å². The highest BCUT2D eigenvalue weighted by atomic mass is 19.1. The smallest absolute Gasteiger partial charge is 0.279 e. The maximum atomic E-state index is 13.5. The Labute approximate surface area is 139 Å². The van der Waals surface area contributed by atoms with Crippen molar-refractivity contribution in [2.24, 2.45) is 0 Å². The van der Waals surface area contributed by atoms with Gasteiger partial charge in [-0.2, -0.15) is 0 Å². The number of nitrogens with one attached hydrogen (secondary N) is 2. The normalized spacial score (nSPS) is 11.5. The average Bonchev–Trinajstić information content (AvgIpc) is 2.56. The number of ether oxygens (including phenoxy) is 1. The third kappa shape index (κ3) is 4.81. The van der Waals surface area contributed by atoms with Crippen molar-refractivity contribution in [2.45, 2.75) is 26.4 Å². The van der Waals surface area contributed by atoms with Crippen molar-refractivity contribution >= 4 is 11.8 Å². The molecule has 2 amide bonds. The fourth-order valence-electron chi connectivity index (χ4n) is 2.04. The van der Waals surface area contributed by atoms with Gasteiger partial charge >= 0.3 is 0 Å². The summed E-state index contributed by atoms with van der Waals surface area (Å²) in [6.07, 6.45) is -0.809. The van der Waals surface area contributed by atoms with Gasteiger partial charge in [-0.1, -0.05) is 36.4 Å². The zero-order valence-corrected chi connectivity index (χ0v) is 13.5. The van der Waals surface area contributed by atoms with E-state index in [-0.39, 0.29) is 18.1 Å². The van der Waals surface area contributed by atoms with Crippen LogP contribution in [-0.2, 0) is 16.0 Å². The first-order valence-corrected chi connectivity index (χ1v) is 7.51. The van der Waals surface area contributed by atoms with Crippen molar-refractivity contribution in [1.29, 1.82) is 0 Å². The number of hydrogen-bond donors (Lipinski definition) is 2. The second-order valence-corrected chi connectivity index (χ2v) is 5.33. The summed E-state index contributed by atoms with van der Waals surface area (Å²) in [6.45, 7) is 3.38. The maximum absolute atomic E-state index is 13.5. The molecule has 2 aromatic carbocycles. The van der Waals surface area contributed by atoms with Crippen LogP contribution in [0.2, 0.25) is 0 Å². The van der Waals surface area contributed by atoms with Gasteiger partial charge in [0.05, 0.1) is 6.42 Å². The van der Waals surface area contributed by atoms with Gasteiger partial charge in [0.2, 0.25) is 5.91 Å². The average molecular weight is 330 g/mol. The van der Waals surface area contributed by atoms with Gasteiger partial charge in [0.1, 0.15) is 0 Å². The van der Waals surface area contributed by atoms with Crippen LogP contribution in [0.5, 0.6) is 5.75 Å². The van der Waals surface area contributed by atoms with Gasteiger partial charge in [0, 0.05) is 0 Å². The lowest BCUT2D eigenvalue weighted by atomic mass is 10.1. The number of para-hydroxylation sites is 1. The first kappa shape index (κ1) is 17.5. The highest BCUT2D eigenvalue weighted by Gasteiger charge is 2.17. The minimum Gasteiger partial charge on any atom is -0.478 e. The molecule has 0 bridgehead atoms. The second-order valence-electron chi connectivity index (χ2n) is 5.33. The molecule has 0 unspecified atom stereocenters. The molecule has 2 rings (SSSR count). The van der Waals surface area contributed by atoms with Crippen molar-refractivity contribution < 1.29 is 18.7 Å². The molecule has 6 heteroatoms. The summed E-state index contributed by atoms with van der Waals surface area (Å²) < 4.78 is 18.7. The number of carbonyl (C=O) groups is 2. The molecule has 2 N–H and O–H groups in total. The second kappa shape index (κ2) is 8.10. The molecule has 0 aromatic heterocycles. The predicted octanol–water partition coefficient (Wildman–Crippen LogP) is 2.29. The Morgan fingerprint density at radius 2 is 1.75 bits per heavy atom. The van der Waals surface area contributed by atoms with Crippen LogP contribution in [0.15, 0.2) is 48.5 Å². The molecule has 0 saturated heterocycles. The molecule has 1 atom stereocenters. The molecular formula is C18H19FN2O3. The summed E-state index contributed by atoms with van der Waals surface area (Å²) in [5.41, 5.74) is 6.47. The zero-order valence-electron chi connectivity index (χ0n) is 13.5. The zero-order chi connectivity index (χ0) is 17.5. The van der Waals surface area contributed by atoms with Crippen LogP contribution in [0.4, 0.5) is 4.39 Å². The topological polar surface area (TPSA) is 67.4 Å². The Balaban J connectivity index is 1.83. The van der Waals surface area contributed by atoms with Crippen molar-refractivity contribution in [3.8, 4) is 5.75 Å². The number of carbonyl (C=O) groups excluding carboxylic acids is 2. The van der Waals surface area contributed by atoms with E-state index in [0.717, 1.165) is 11.1 Å². The Morgan fingerprint density at radius 3 is 2.46 bits per heavy atom. The van der Waals surface area contributed by atoms with E-state index in [2.05, 4.69) is 10.9 Å². The van der Waals surface area contributed by atoms with Crippen LogP contribution in [0.1, 0.15) is 18.1 Å². The molecule has 0 aliphatic rings. The highest BCUT2D eigenvalue weighted by Crippen LogP contribution is 2.16. The van der Waals surface area contributed by atoms with Gasteiger partial charge < -0.3 is 4.74 Å². The number of amides is 2. The van der Waals surface area contributed by atoms with Crippen LogP contribution < -0.4 is 15.6 Å². The number of aryl methyl sites for hydroxylation is 1. The van der Waals surface area contributed by atoms with Gasteiger partial charge in [0.25, 0.3) is 5.91 Å². The Morgan fingerprint density at radius 1 is 1.08 bits per heavy atom. The van der Waals surface area contributed by atoms with Gasteiger partial charge in [-0.3, -0.25) is 20.4 Å². The van der Waals surface area contributed by atoms with E-state index in [4.69, 9.17) is 4.74 Å². The van der Waals surface area contributed by atoms with Crippen molar-refractivity contribution in [2.75, 3.05) is 0 Å². The van der Waals surface area contributed by atoms with Gasteiger partial charge in [-0.15, -0.1) is 0 Å². The number of benzene rings is 2. The molecule has 0 spiro atoms. The maximum Gasteiger partial charge on any atom is 0.279 e. The lowest BCUT2D eigenvalue weighted by molar-refractivity contribution is -0.132. The summed E-state index contributed by atoms with van der Waals surface area (Å²) in [4.78, 5) is 23.8. The van der Waals surface area contributed by atoms with Gasteiger partial charge in [-0.05, 0) is 37.1 Å². The molecule has 0 saturated carbocycles. The minimum absolute atomic E-state index is 0.0219. The third-order valence-electron chi connectivity index (χ3n) is 3.45. The Bertz CT molecular complexity index is 734. The molecule has 2 aromatic rings. The van der Waals surface area contributed by atoms with Gasteiger partial charge in [-0.25, -0.2) is 4.39 Å². The van der Waals surface area contributed by atoms with Crippen LogP contribution in [0, 0.1) is 12.7 Å². The first-order valence-electron chi connectivity index (χ1n) is 7.51. The van der Waals surface area contributed by atoms with E-state index >= 15 is 0 Å². The highest BCUT2D eigenvalue weighted by molar-refractivity contribution is 5.85. The largest absolute Gasteiger partial charge is 0.478 e. The first-order chi connectivity index (χ1) is 11.5. The third-order valence-corrected chi connectivity index (χ3v) is 3.45. The number of hydrogen-bond acceptors (Lipinski definition) is 3. The molecule has 0 heterocycles. The molecule has 0 aliphatic carbocycles. The lowest BCUT2D eigenvalue weighted by Crippen LogP contribution is -2.47. The number of rotatable bonds is 5. The van der Waals surface area contributed by atoms with Crippen molar-refractivity contribution in [3.05, 3.63) is 65.5 Å². The standard InChI is InChI=1S/C18H19FN2O3/c1-12-7-3-4-8-14(12)11-17(22)20-21-18(23)13(2)24-16-10-6-5-9-15(16)19/h3-10,13H,11H2,1-2H3,(H,20,22)(H,21,23)/t13-/m1/s1. The molecule has 0 radical (unpaired) electrons. The fraction of sp³-hybridized carbons (Fsp3) is 0.222. The summed E-state index contributed by atoms with van der Waals surface area (Å²) in [5.74, 6) is -1.50. The molecule has 24 heavy (non-hydrogen) atoms. The van der Waals surface area contributed by atoms with Crippen LogP contribution >= 0.6 is 0 Å². The van der Waals surface area contributed by atoms with Crippen LogP contribution in [-0.4, -0.2) is 17.9 Å². The van der Waals surface area contributed by atoms with Crippen LogP contribution in [0.25, 0.3) is 0 Å². The minimum atomic E-state index is -0.958. The number of hydrazine groups is 1. The van der Waals surface area contributed by atoms with E-state index in [9.17, 15) is 14.0 Å². The quantitative estimate of drug-likeness (QED) is 0.827. The Kier molecular flexibility index (Phi) is 5.89. The Hall–Kier alpha value is -2.89. The molecular weight excluding hydrogens is 311 g/mol. The summed E-state index contributed by atoms with van der Waals surface area (Å²) in [5, 5.41) is 0. The lowest BCUT2D eigenvalue weighted by Gasteiger charge is -2.15. The monoisotopic (exact) mass is 330 g/mol. The molecule has 5 nitrogen and oxygen atoms in total. The van der Waals surface area contributed by atoms with Crippen molar-refractivity contribution in [3.63, 3.8) is 0 Å². The van der Waals surface area contributed by atoms with E-state index in [1.165, 1.54) is 25.1 Å². The van der Waals surface area contributed by atoms with Crippen LogP contribution in [0.3, 0.4) is 0 Å². The van der Waals surface area contributed by atoms with E-state index in [1.807, 2.05) is 31.2 Å². The summed E-state index contributed by atoms with van der Waals surface area (Å²) >= 11 is 0. The summed E-state index contributed by atoms with van der Waals surface area (Å²) in [7, 11) is 0. The fourth-order valence-corrected chi connectivity index (χ4v) is 2.04. The van der Waals surface area contributed by atoms with E-state index in [0.29, 0.717) is 0 Å².